The smallest absolute Gasteiger partial charge is 0.104 e. The minimum absolute atomic E-state index is 0.0820. The van der Waals surface area contributed by atoms with Gasteiger partial charge in [-0.3, -0.25) is 4.84 Å². The summed E-state index contributed by atoms with van der Waals surface area (Å²) in [7, 11) is 0. The van der Waals surface area contributed by atoms with Crippen molar-refractivity contribution >= 4 is 0 Å². The predicted octanol–water partition coefficient (Wildman–Crippen LogP) is 3.31. The average Bonchev–Trinajstić information content (AvgIpc) is 2.48. The summed E-state index contributed by atoms with van der Waals surface area (Å²) in [6, 6.07) is 17.9. The molecule has 106 valence electrons. The van der Waals surface area contributed by atoms with Gasteiger partial charge in [0.05, 0.1) is 12.6 Å². The van der Waals surface area contributed by atoms with Crippen LogP contribution in [-0.4, -0.2) is 11.7 Å². The quantitative estimate of drug-likeness (QED) is 0.792. The molecular formula is C17H21NO2. The van der Waals surface area contributed by atoms with E-state index in [1.807, 2.05) is 37.3 Å². The first kappa shape index (κ1) is 14.7. The summed E-state index contributed by atoms with van der Waals surface area (Å²) in [5.74, 6) is 0. The maximum Gasteiger partial charge on any atom is 0.104 e. The van der Waals surface area contributed by atoms with Gasteiger partial charge in [0.1, 0.15) is 6.10 Å². The summed E-state index contributed by atoms with van der Waals surface area (Å²) in [5, 5.41) is 9.98. The van der Waals surface area contributed by atoms with Crippen molar-refractivity contribution in [1.82, 2.24) is 5.48 Å². The van der Waals surface area contributed by atoms with E-state index < -0.39 is 6.10 Å². The lowest BCUT2D eigenvalue weighted by molar-refractivity contribution is -0.0340. The first-order chi connectivity index (χ1) is 9.66. The third-order valence-electron chi connectivity index (χ3n) is 3.26. The fourth-order valence-corrected chi connectivity index (χ4v) is 1.95. The molecule has 0 spiro atoms. The Morgan fingerprint density at radius 1 is 1.00 bits per heavy atom. The third-order valence-corrected chi connectivity index (χ3v) is 3.26. The van der Waals surface area contributed by atoms with Gasteiger partial charge in [-0.05, 0) is 25.0 Å². The van der Waals surface area contributed by atoms with Crippen LogP contribution >= 0.6 is 0 Å². The summed E-state index contributed by atoms with van der Waals surface area (Å²) in [5.41, 5.74) is 6.21. The molecule has 2 aromatic rings. The van der Waals surface area contributed by atoms with Gasteiger partial charge in [-0.25, -0.2) is 0 Å². The molecule has 3 heteroatoms. The number of nitrogens with one attached hydrogen (secondary N) is 1. The lowest BCUT2D eigenvalue weighted by atomic mass is 10.1. The van der Waals surface area contributed by atoms with Gasteiger partial charge < -0.3 is 5.11 Å². The molecule has 2 atom stereocenters. The van der Waals surface area contributed by atoms with E-state index in [-0.39, 0.29) is 12.6 Å². The Morgan fingerprint density at radius 2 is 1.65 bits per heavy atom. The molecule has 0 fully saturated rings. The van der Waals surface area contributed by atoms with E-state index >= 15 is 0 Å². The topological polar surface area (TPSA) is 41.5 Å². The molecule has 20 heavy (non-hydrogen) atoms. The Hall–Kier alpha value is -1.68. The van der Waals surface area contributed by atoms with Crippen LogP contribution in [-0.2, 0) is 4.84 Å². The molecule has 0 bridgehead atoms. The number of hydroxylamine groups is 1. The Kier molecular flexibility index (Phi) is 5.30. The number of aliphatic hydroxyl groups excluding tert-OH is 1. The van der Waals surface area contributed by atoms with E-state index in [2.05, 4.69) is 36.7 Å². The Bertz CT molecular complexity index is 510. The number of aliphatic hydroxyl groups is 1. The molecule has 0 saturated heterocycles. The first-order valence-corrected chi connectivity index (χ1v) is 6.83. The van der Waals surface area contributed by atoms with Crippen LogP contribution in [0.5, 0.6) is 0 Å². The van der Waals surface area contributed by atoms with Crippen LogP contribution < -0.4 is 5.48 Å². The zero-order valence-electron chi connectivity index (χ0n) is 11.9. The molecule has 2 N–H and O–H groups in total. The Balaban J connectivity index is 1.79. The summed E-state index contributed by atoms with van der Waals surface area (Å²) in [6.07, 6.45) is -0.617. The van der Waals surface area contributed by atoms with E-state index in [0.717, 1.165) is 11.1 Å². The molecule has 0 aliphatic heterocycles. The molecule has 0 aliphatic rings. The standard InChI is InChI=1S/C17H21NO2/c1-13-8-10-15(11-9-13)14(2)18-20-12-17(19)16-6-4-3-5-7-16/h3-11,14,17-19H,12H2,1-2H3/t14-,17-/m0/s1. The van der Waals surface area contributed by atoms with Crippen molar-refractivity contribution in [2.45, 2.75) is 26.0 Å². The minimum Gasteiger partial charge on any atom is -0.386 e. The van der Waals surface area contributed by atoms with Crippen LogP contribution in [0.2, 0.25) is 0 Å². The van der Waals surface area contributed by atoms with Gasteiger partial charge in [0.25, 0.3) is 0 Å². The van der Waals surface area contributed by atoms with Gasteiger partial charge in [0.2, 0.25) is 0 Å². The highest BCUT2D eigenvalue weighted by atomic mass is 16.6. The zero-order valence-corrected chi connectivity index (χ0v) is 11.9. The van der Waals surface area contributed by atoms with Crippen molar-refractivity contribution in [3.8, 4) is 0 Å². The summed E-state index contributed by atoms with van der Waals surface area (Å²) < 4.78 is 0. The lowest BCUT2D eigenvalue weighted by Gasteiger charge is -2.16. The highest BCUT2D eigenvalue weighted by molar-refractivity contribution is 5.23. The molecule has 0 aliphatic carbocycles. The summed E-state index contributed by atoms with van der Waals surface area (Å²) in [6.45, 7) is 4.31. The predicted molar refractivity (Wildman–Crippen MR) is 80.1 cm³/mol. The molecule has 0 aromatic heterocycles. The molecule has 2 aromatic carbocycles. The number of hydrogen-bond donors (Lipinski definition) is 2. The highest BCUT2D eigenvalue weighted by Gasteiger charge is 2.09. The number of benzene rings is 2. The van der Waals surface area contributed by atoms with E-state index in [9.17, 15) is 5.11 Å². The van der Waals surface area contributed by atoms with Crippen molar-refractivity contribution in [2.75, 3.05) is 6.61 Å². The molecule has 2 rings (SSSR count). The van der Waals surface area contributed by atoms with Crippen molar-refractivity contribution < 1.29 is 9.94 Å². The molecule has 3 nitrogen and oxygen atoms in total. The number of rotatable bonds is 6. The number of aryl methyl sites for hydroxylation is 1. The Morgan fingerprint density at radius 3 is 2.30 bits per heavy atom. The fraction of sp³-hybridized carbons (Fsp3) is 0.294. The van der Waals surface area contributed by atoms with Crippen LogP contribution in [0, 0.1) is 6.92 Å². The summed E-state index contributed by atoms with van der Waals surface area (Å²) >= 11 is 0. The second-order valence-electron chi connectivity index (χ2n) is 4.99. The Labute approximate surface area is 120 Å². The van der Waals surface area contributed by atoms with Gasteiger partial charge in [0, 0.05) is 0 Å². The van der Waals surface area contributed by atoms with Crippen LogP contribution in [0.4, 0.5) is 0 Å². The second kappa shape index (κ2) is 7.20. The normalized spacial score (nSPS) is 13.9. The largest absolute Gasteiger partial charge is 0.386 e. The second-order valence-corrected chi connectivity index (χ2v) is 4.99. The van der Waals surface area contributed by atoms with Crippen LogP contribution in [0.15, 0.2) is 54.6 Å². The van der Waals surface area contributed by atoms with Crippen molar-refractivity contribution in [3.05, 3.63) is 71.3 Å². The van der Waals surface area contributed by atoms with Crippen molar-refractivity contribution in [3.63, 3.8) is 0 Å². The van der Waals surface area contributed by atoms with E-state index in [1.165, 1.54) is 5.56 Å². The van der Waals surface area contributed by atoms with Gasteiger partial charge in [-0.2, -0.15) is 5.48 Å². The van der Waals surface area contributed by atoms with Crippen LogP contribution in [0.25, 0.3) is 0 Å². The highest BCUT2D eigenvalue weighted by Crippen LogP contribution is 2.15. The molecule has 0 radical (unpaired) electrons. The molecular weight excluding hydrogens is 250 g/mol. The average molecular weight is 271 g/mol. The SMILES string of the molecule is Cc1ccc([C@H](C)NOC[C@H](O)c2ccccc2)cc1. The van der Waals surface area contributed by atoms with Crippen LogP contribution in [0.3, 0.4) is 0 Å². The minimum atomic E-state index is -0.617. The fourth-order valence-electron chi connectivity index (χ4n) is 1.95. The monoisotopic (exact) mass is 271 g/mol. The first-order valence-electron chi connectivity index (χ1n) is 6.83. The van der Waals surface area contributed by atoms with Crippen LogP contribution in [0.1, 0.15) is 35.8 Å². The molecule has 0 amide bonds. The van der Waals surface area contributed by atoms with E-state index in [4.69, 9.17) is 4.84 Å². The van der Waals surface area contributed by atoms with E-state index in [1.54, 1.807) is 0 Å². The number of hydrogen-bond acceptors (Lipinski definition) is 3. The molecule has 0 unspecified atom stereocenters. The van der Waals surface area contributed by atoms with Crippen molar-refractivity contribution in [2.24, 2.45) is 0 Å². The van der Waals surface area contributed by atoms with Gasteiger partial charge in [-0.1, -0.05) is 60.2 Å². The maximum absolute atomic E-state index is 9.98. The van der Waals surface area contributed by atoms with Gasteiger partial charge >= 0.3 is 0 Å². The lowest BCUT2D eigenvalue weighted by Crippen LogP contribution is -2.22. The molecule has 0 saturated carbocycles. The zero-order chi connectivity index (χ0) is 14.4. The third kappa shape index (κ3) is 4.17. The molecule has 0 heterocycles. The summed E-state index contributed by atoms with van der Waals surface area (Å²) in [4.78, 5) is 5.40. The van der Waals surface area contributed by atoms with E-state index in [0.29, 0.717) is 0 Å². The van der Waals surface area contributed by atoms with Gasteiger partial charge in [-0.15, -0.1) is 0 Å². The van der Waals surface area contributed by atoms with Gasteiger partial charge in [0.15, 0.2) is 0 Å². The maximum atomic E-state index is 9.98. The van der Waals surface area contributed by atoms with Crippen molar-refractivity contribution in [1.29, 1.82) is 0 Å².